The van der Waals surface area contributed by atoms with Gasteiger partial charge >= 0.3 is 6.03 Å². The number of nitrogens with zero attached hydrogens (tertiary/aromatic N) is 1. The van der Waals surface area contributed by atoms with Gasteiger partial charge in [0.15, 0.2) is 0 Å². The van der Waals surface area contributed by atoms with Crippen molar-refractivity contribution in [1.29, 1.82) is 0 Å². The van der Waals surface area contributed by atoms with Gasteiger partial charge in [0.2, 0.25) is 10.0 Å². The van der Waals surface area contributed by atoms with E-state index in [9.17, 15) is 13.2 Å². The molecule has 122 valence electrons. The molecule has 2 aromatic carbocycles. The molecule has 0 spiro atoms. The average molecular weight is 333 g/mol. The van der Waals surface area contributed by atoms with Crippen LogP contribution in [0.4, 0.5) is 16.2 Å². The third kappa shape index (κ3) is 5.30. The summed E-state index contributed by atoms with van der Waals surface area (Å²) in [5.74, 6) is 0. The SMILES string of the molecule is CS(=O)(=O)N(CCNC(=O)Nc1ccccc1)c1ccccc1. The first-order valence-electron chi connectivity index (χ1n) is 7.09. The van der Waals surface area contributed by atoms with Crippen LogP contribution in [-0.4, -0.2) is 33.8 Å². The molecule has 0 fully saturated rings. The fraction of sp³-hybridized carbons (Fsp3) is 0.188. The Bertz CT molecular complexity index is 734. The maximum atomic E-state index is 11.9. The van der Waals surface area contributed by atoms with Gasteiger partial charge in [0.1, 0.15) is 0 Å². The van der Waals surface area contributed by atoms with Crippen molar-refractivity contribution in [3.05, 3.63) is 60.7 Å². The van der Waals surface area contributed by atoms with Crippen LogP contribution in [0.5, 0.6) is 0 Å². The van der Waals surface area contributed by atoms with E-state index in [0.29, 0.717) is 11.4 Å². The zero-order chi connectivity index (χ0) is 16.7. The van der Waals surface area contributed by atoms with E-state index in [1.54, 1.807) is 36.4 Å². The van der Waals surface area contributed by atoms with Gasteiger partial charge in [-0.15, -0.1) is 0 Å². The number of hydrogen-bond acceptors (Lipinski definition) is 3. The molecule has 0 saturated carbocycles. The molecule has 0 radical (unpaired) electrons. The van der Waals surface area contributed by atoms with Crippen LogP contribution in [0, 0.1) is 0 Å². The van der Waals surface area contributed by atoms with E-state index in [-0.39, 0.29) is 19.1 Å². The molecule has 0 saturated heterocycles. The summed E-state index contributed by atoms with van der Waals surface area (Å²) in [6, 6.07) is 17.4. The minimum absolute atomic E-state index is 0.158. The van der Waals surface area contributed by atoms with Crippen LogP contribution >= 0.6 is 0 Å². The van der Waals surface area contributed by atoms with Crippen LogP contribution in [0.3, 0.4) is 0 Å². The number of urea groups is 1. The molecule has 0 atom stereocenters. The molecular formula is C16H19N3O3S. The molecular weight excluding hydrogens is 314 g/mol. The van der Waals surface area contributed by atoms with E-state index in [2.05, 4.69) is 10.6 Å². The number of carbonyl (C=O) groups is 1. The van der Waals surface area contributed by atoms with Gasteiger partial charge in [-0.1, -0.05) is 36.4 Å². The zero-order valence-corrected chi connectivity index (χ0v) is 13.6. The summed E-state index contributed by atoms with van der Waals surface area (Å²) in [6.07, 6.45) is 1.14. The first-order valence-corrected chi connectivity index (χ1v) is 8.94. The highest BCUT2D eigenvalue weighted by Crippen LogP contribution is 2.15. The van der Waals surface area contributed by atoms with E-state index in [1.807, 2.05) is 24.3 Å². The normalized spacial score (nSPS) is 10.8. The van der Waals surface area contributed by atoms with Crippen molar-refractivity contribution in [2.24, 2.45) is 0 Å². The molecule has 0 bridgehead atoms. The van der Waals surface area contributed by atoms with Crippen LogP contribution in [0.25, 0.3) is 0 Å². The van der Waals surface area contributed by atoms with Gasteiger partial charge in [-0.05, 0) is 24.3 Å². The standard InChI is InChI=1S/C16H19N3O3S/c1-23(21,22)19(15-10-6-3-7-11-15)13-12-17-16(20)18-14-8-4-2-5-9-14/h2-11H,12-13H2,1H3,(H2,17,18,20). The second-order valence-corrected chi connectivity index (χ2v) is 6.82. The first-order chi connectivity index (χ1) is 11.0. The number of hydrogen-bond donors (Lipinski definition) is 2. The number of amides is 2. The third-order valence-corrected chi connectivity index (χ3v) is 4.27. The Morgan fingerprint density at radius 1 is 1.00 bits per heavy atom. The molecule has 2 rings (SSSR count). The second-order valence-electron chi connectivity index (χ2n) is 4.92. The van der Waals surface area contributed by atoms with E-state index in [4.69, 9.17) is 0 Å². The maximum absolute atomic E-state index is 11.9. The molecule has 7 heteroatoms. The summed E-state index contributed by atoms with van der Waals surface area (Å²) < 4.78 is 25.1. The van der Waals surface area contributed by atoms with E-state index in [1.165, 1.54) is 4.31 Å². The summed E-state index contributed by atoms with van der Waals surface area (Å²) in [4.78, 5) is 11.8. The van der Waals surface area contributed by atoms with E-state index < -0.39 is 10.0 Å². The molecule has 0 aliphatic rings. The van der Waals surface area contributed by atoms with Gasteiger partial charge in [0.05, 0.1) is 18.5 Å². The van der Waals surface area contributed by atoms with Gasteiger partial charge in [-0.25, -0.2) is 13.2 Å². The van der Waals surface area contributed by atoms with Crippen LogP contribution < -0.4 is 14.9 Å². The largest absolute Gasteiger partial charge is 0.336 e. The van der Waals surface area contributed by atoms with Gasteiger partial charge < -0.3 is 10.6 Å². The Hall–Kier alpha value is -2.54. The molecule has 23 heavy (non-hydrogen) atoms. The number of benzene rings is 2. The fourth-order valence-corrected chi connectivity index (χ4v) is 2.98. The lowest BCUT2D eigenvalue weighted by Gasteiger charge is -2.22. The van der Waals surface area contributed by atoms with Crippen molar-refractivity contribution in [2.75, 3.05) is 29.0 Å². The topological polar surface area (TPSA) is 78.5 Å². The number of carbonyl (C=O) groups excluding carboxylic acids is 1. The number of rotatable bonds is 6. The molecule has 0 aliphatic heterocycles. The monoisotopic (exact) mass is 333 g/mol. The lowest BCUT2D eigenvalue weighted by atomic mass is 10.3. The summed E-state index contributed by atoms with van der Waals surface area (Å²) >= 11 is 0. The van der Waals surface area contributed by atoms with Crippen molar-refractivity contribution in [3.63, 3.8) is 0 Å². The smallest absolute Gasteiger partial charge is 0.319 e. The summed E-state index contributed by atoms with van der Waals surface area (Å²) in [5, 5.41) is 5.32. The number of para-hydroxylation sites is 2. The molecule has 0 unspecified atom stereocenters. The quantitative estimate of drug-likeness (QED) is 0.851. The van der Waals surface area contributed by atoms with Crippen molar-refractivity contribution >= 4 is 27.4 Å². The van der Waals surface area contributed by atoms with Crippen molar-refractivity contribution < 1.29 is 13.2 Å². The summed E-state index contributed by atoms with van der Waals surface area (Å²) in [6.45, 7) is 0.353. The fourth-order valence-electron chi connectivity index (χ4n) is 2.05. The number of sulfonamides is 1. The minimum atomic E-state index is -3.41. The second kappa shape index (κ2) is 7.64. The molecule has 2 N–H and O–H groups in total. The predicted octanol–water partition coefficient (Wildman–Crippen LogP) is 2.27. The Balaban J connectivity index is 1.91. The van der Waals surface area contributed by atoms with Crippen molar-refractivity contribution in [3.8, 4) is 0 Å². The van der Waals surface area contributed by atoms with E-state index >= 15 is 0 Å². The maximum Gasteiger partial charge on any atom is 0.319 e. The Morgan fingerprint density at radius 3 is 2.13 bits per heavy atom. The Labute approximate surface area is 136 Å². The highest BCUT2D eigenvalue weighted by atomic mass is 32.2. The number of anilines is 2. The van der Waals surface area contributed by atoms with Crippen LogP contribution in [0.1, 0.15) is 0 Å². The average Bonchev–Trinajstić information content (AvgIpc) is 2.52. The molecule has 6 nitrogen and oxygen atoms in total. The Kier molecular flexibility index (Phi) is 5.59. The van der Waals surface area contributed by atoms with Crippen LogP contribution in [0.2, 0.25) is 0 Å². The Morgan fingerprint density at radius 2 is 1.57 bits per heavy atom. The van der Waals surface area contributed by atoms with Gasteiger partial charge in [0.25, 0.3) is 0 Å². The molecule has 0 aliphatic carbocycles. The third-order valence-electron chi connectivity index (χ3n) is 3.08. The van der Waals surface area contributed by atoms with Gasteiger partial charge in [-0.2, -0.15) is 0 Å². The lowest BCUT2D eigenvalue weighted by molar-refractivity contribution is 0.252. The number of nitrogens with one attached hydrogen (secondary N) is 2. The van der Waals surface area contributed by atoms with Gasteiger partial charge in [-0.3, -0.25) is 4.31 Å². The lowest BCUT2D eigenvalue weighted by Crippen LogP contribution is -2.39. The molecule has 2 aromatic rings. The van der Waals surface area contributed by atoms with Crippen molar-refractivity contribution in [2.45, 2.75) is 0 Å². The summed E-state index contributed by atoms with van der Waals surface area (Å²) in [7, 11) is -3.41. The minimum Gasteiger partial charge on any atom is -0.336 e. The zero-order valence-electron chi connectivity index (χ0n) is 12.8. The highest BCUT2D eigenvalue weighted by Gasteiger charge is 2.16. The summed E-state index contributed by atoms with van der Waals surface area (Å²) in [5.41, 5.74) is 1.24. The molecule has 0 heterocycles. The molecule has 2 amide bonds. The van der Waals surface area contributed by atoms with Gasteiger partial charge in [0, 0.05) is 12.2 Å². The highest BCUT2D eigenvalue weighted by molar-refractivity contribution is 7.92. The van der Waals surface area contributed by atoms with E-state index in [0.717, 1.165) is 6.26 Å². The molecule has 0 aromatic heterocycles. The van der Waals surface area contributed by atoms with Crippen molar-refractivity contribution in [1.82, 2.24) is 5.32 Å². The van der Waals surface area contributed by atoms with Crippen LogP contribution in [0.15, 0.2) is 60.7 Å². The first kappa shape index (κ1) is 16.8. The predicted molar refractivity (Wildman–Crippen MR) is 92.1 cm³/mol. The van der Waals surface area contributed by atoms with Crippen LogP contribution in [-0.2, 0) is 10.0 Å².